The van der Waals surface area contributed by atoms with Crippen molar-refractivity contribution in [1.82, 2.24) is 14.9 Å². The van der Waals surface area contributed by atoms with Gasteiger partial charge in [-0.15, -0.1) is 0 Å². The van der Waals surface area contributed by atoms with E-state index < -0.39 is 0 Å². The van der Waals surface area contributed by atoms with Gasteiger partial charge in [-0.25, -0.2) is 4.98 Å². The molecule has 0 saturated carbocycles. The molecule has 0 bridgehead atoms. The van der Waals surface area contributed by atoms with Crippen LogP contribution in [0.5, 0.6) is 0 Å². The van der Waals surface area contributed by atoms with Crippen molar-refractivity contribution in [3.63, 3.8) is 0 Å². The number of aromatic nitrogens is 2. The van der Waals surface area contributed by atoms with E-state index in [4.69, 9.17) is 4.42 Å². The van der Waals surface area contributed by atoms with Crippen LogP contribution < -0.4 is 0 Å². The van der Waals surface area contributed by atoms with E-state index in [0.29, 0.717) is 17.1 Å². The Labute approximate surface area is 163 Å². The Kier molecular flexibility index (Phi) is 4.72. The fourth-order valence-electron chi connectivity index (χ4n) is 3.21. The number of hydrogen-bond acceptors (Lipinski definition) is 4. The number of oxazole rings is 1. The van der Waals surface area contributed by atoms with Crippen molar-refractivity contribution in [3.05, 3.63) is 85.0 Å². The van der Waals surface area contributed by atoms with Crippen LogP contribution in [0, 0.1) is 0 Å². The van der Waals surface area contributed by atoms with Crippen molar-refractivity contribution < 1.29 is 9.21 Å². The first-order valence-electron chi connectivity index (χ1n) is 8.92. The first kappa shape index (κ1) is 17.7. The minimum atomic E-state index is -0.175. The lowest BCUT2D eigenvalue weighted by Crippen LogP contribution is -2.23. The predicted molar refractivity (Wildman–Crippen MR) is 109 cm³/mol. The fourth-order valence-corrected chi connectivity index (χ4v) is 3.21. The predicted octanol–water partition coefficient (Wildman–Crippen LogP) is 4.77. The Morgan fingerprint density at radius 2 is 1.54 bits per heavy atom. The summed E-state index contributed by atoms with van der Waals surface area (Å²) in [6, 6.07) is 19.9. The summed E-state index contributed by atoms with van der Waals surface area (Å²) in [6.45, 7) is 0. The molecular formula is C23H19N3O2. The summed E-state index contributed by atoms with van der Waals surface area (Å²) in [5.41, 5.74) is 4.78. The molecule has 4 rings (SSSR count). The first-order chi connectivity index (χ1) is 13.7. The van der Waals surface area contributed by atoms with Crippen molar-refractivity contribution in [2.75, 3.05) is 14.1 Å². The molecule has 0 unspecified atom stereocenters. The Balaban J connectivity index is 2.04. The van der Waals surface area contributed by atoms with Crippen LogP contribution >= 0.6 is 0 Å². The summed E-state index contributed by atoms with van der Waals surface area (Å²) in [7, 11) is 3.43. The molecule has 0 fully saturated rings. The zero-order valence-corrected chi connectivity index (χ0v) is 15.7. The summed E-state index contributed by atoms with van der Waals surface area (Å²) in [6.07, 6.45) is 4.73. The molecule has 4 aromatic rings. The average molecular weight is 369 g/mol. The average Bonchev–Trinajstić information content (AvgIpc) is 3.28. The maximum Gasteiger partial charge on any atom is 0.272 e. The van der Waals surface area contributed by atoms with Crippen LogP contribution in [0.15, 0.2) is 83.7 Å². The third-order valence-corrected chi connectivity index (χ3v) is 4.50. The van der Waals surface area contributed by atoms with E-state index >= 15 is 0 Å². The van der Waals surface area contributed by atoms with E-state index in [1.165, 1.54) is 11.2 Å². The molecule has 0 N–H and O–H groups in total. The highest BCUT2D eigenvalue weighted by Crippen LogP contribution is 2.39. The van der Waals surface area contributed by atoms with E-state index in [2.05, 4.69) is 9.97 Å². The quantitative estimate of drug-likeness (QED) is 0.520. The van der Waals surface area contributed by atoms with E-state index in [9.17, 15) is 4.79 Å². The molecule has 0 spiro atoms. The van der Waals surface area contributed by atoms with Gasteiger partial charge in [-0.3, -0.25) is 9.78 Å². The number of hydrogen-bond donors (Lipinski definition) is 0. The third kappa shape index (κ3) is 3.18. The van der Waals surface area contributed by atoms with Crippen LogP contribution in [0.3, 0.4) is 0 Å². The Bertz CT molecular complexity index is 1100. The number of benzene rings is 2. The topological polar surface area (TPSA) is 59.2 Å². The largest absolute Gasteiger partial charge is 0.445 e. The molecule has 0 atom stereocenters. The molecule has 2 heterocycles. The van der Waals surface area contributed by atoms with Gasteiger partial charge in [0.25, 0.3) is 5.91 Å². The highest BCUT2D eigenvalue weighted by molar-refractivity contribution is 6.04. The molecule has 1 amide bonds. The number of amides is 1. The molecule has 138 valence electrons. The summed E-state index contributed by atoms with van der Waals surface area (Å²) in [4.78, 5) is 23.2. The highest BCUT2D eigenvalue weighted by atomic mass is 16.3. The number of carbonyl (C=O) groups is 1. The SMILES string of the molecule is CN(C)C(=O)c1nccc(-c2ncco2)c1-c1ccccc1-c1ccccc1. The molecule has 5 nitrogen and oxygen atoms in total. The molecule has 0 aliphatic carbocycles. The molecule has 2 aromatic carbocycles. The maximum absolute atomic E-state index is 12.9. The van der Waals surface area contributed by atoms with E-state index in [0.717, 1.165) is 22.3 Å². The van der Waals surface area contributed by atoms with Crippen molar-refractivity contribution in [1.29, 1.82) is 0 Å². The van der Waals surface area contributed by atoms with Gasteiger partial charge in [-0.2, -0.15) is 0 Å². The molecule has 0 aliphatic rings. The Morgan fingerprint density at radius 1 is 0.821 bits per heavy atom. The van der Waals surface area contributed by atoms with Gasteiger partial charge < -0.3 is 9.32 Å². The highest BCUT2D eigenvalue weighted by Gasteiger charge is 2.24. The van der Waals surface area contributed by atoms with E-state index in [1.54, 1.807) is 26.5 Å². The van der Waals surface area contributed by atoms with E-state index in [1.807, 2.05) is 60.7 Å². The van der Waals surface area contributed by atoms with Crippen molar-refractivity contribution in [2.45, 2.75) is 0 Å². The van der Waals surface area contributed by atoms with E-state index in [-0.39, 0.29) is 5.91 Å². The van der Waals surface area contributed by atoms with Crippen molar-refractivity contribution in [2.24, 2.45) is 0 Å². The second-order valence-corrected chi connectivity index (χ2v) is 6.53. The molecule has 2 aromatic heterocycles. The summed E-state index contributed by atoms with van der Waals surface area (Å²) in [5, 5.41) is 0. The maximum atomic E-state index is 12.9. The normalized spacial score (nSPS) is 10.6. The van der Waals surface area contributed by atoms with Gasteiger partial charge in [0.2, 0.25) is 5.89 Å². The Hall–Kier alpha value is -3.73. The van der Waals surface area contributed by atoms with Crippen molar-refractivity contribution >= 4 is 5.91 Å². The van der Waals surface area contributed by atoms with Crippen LogP contribution in [0.25, 0.3) is 33.7 Å². The fraction of sp³-hybridized carbons (Fsp3) is 0.0870. The van der Waals surface area contributed by atoms with Gasteiger partial charge >= 0.3 is 0 Å². The lowest BCUT2D eigenvalue weighted by Gasteiger charge is -2.18. The second-order valence-electron chi connectivity index (χ2n) is 6.53. The third-order valence-electron chi connectivity index (χ3n) is 4.50. The van der Waals surface area contributed by atoms with Crippen LogP contribution in [0.1, 0.15) is 10.5 Å². The van der Waals surface area contributed by atoms with Gasteiger partial charge in [0.15, 0.2) is 0 Å². The number of nitrogens with zero attached hydrogens (tertiary/aromatic N) is 3. The zero-order chi connectivity index (χ0) is 19.5. The monoisotopic (exact) mass is 369 g/mol. The van der Waals surface area contributed by atoms with Crippen LogP contribution in [0.2, 0.25) is 0 Å². The van der Waals surface area contributed by atoms with Gasteiger partial charge in [-0.1, -0.05) is 54.6 Å². The standard InChI is InChI=1S/C23H19N3O2/c1-26(2)23(27)21-20(19(12-13-24-21)22-25-14-15-28-22)18-11-7-6-10-17(18)16-8-4-3-5-9-16/h3-15H,1-2H3. The molecule has 0 saturated heterocycles. The van der Waals surface area contributed by atoms with Gasteiger partial charge in [0.1, 0.15) is 12.0 Å². The number of pyridine rings is 1. The summed E-state index contributed by atoms with van der Waals surface area (Å²) < 4.78 is 5.56. The zero-order valence-electron chi connectivity index (χ0n) is 15.7. The van der Waals surface area contributed by atoms with Crippen molar-refractivity contribution in [3.8, 4) is 33.7 Å². The minimum Gasteiger partial charge on any atom is -0.445 e. The first-order valence-corrected chi connectivity index (χ1v) is 8.92. The number of carbonyl (C=O) groups excluding carboxylic acids is 1. The van der Waals surface area contributed by atoms with Crippen LogP contribution in [-0.2, 0) is 0 Å². The molecule has 0 aliphatic heterocycles. The number of rotatable bonds is 4. The lowest BCUT2D eigenvalue weighted by atomic mass is 9.90. The smallest absolute Gasteiger partial charge is 0.272 e. The van der Waals surface area contributed by atoms with Gasteiger partial charge in [0, 0.05) is 31.4 Å². The second kappa shape index (κ2) is 7.48. The summed E-state index contributed by atoms with van der Waals surface area (Å²) >= 11 is 0. The Morgan fingerprint density at radius 3 is 2.21 bits per heavy atom. The summed E-state index contributed by atoms with van der Waals surface area (Å²) in [5.74, 6) is 0.277. The van der Waals surface area contributed by atoms with Crippen LogP contribution in [-0.4, -0.2) is 34.9 Å². The van der Waals surface area contributed by atoms with Crippen LogP contribution in [0.4, 0.5) is 0 Å². The molecule has 0 radical (unpaired) electrons. The van der Waals surface area contributed by atoms with Gasteiger partial charge in [-0.05, 0) is 22.8 Å². The van der Waals surface area contributed by atoms with Gasteiger partial charge in [0.05, 0.1) is 6.20 Å². The molecule has 28 heavy (non-hydrogen) atoms. The lowest BCUT2D eigenvalue weighted by molar-refractivity contribution is 0.0823. The molecule has 5 heteroatoms. The minimum absolute atomic E-state index is 0.175. The molecular weight excluding hydrogens is 350 g/mol.